The molecule has 7 heteroatoms. The van der Waals surface area contributed by atoms with E-state index in [0.29, 0.717) is 24.6 Å². The number of ether oxygens (including phenoxy) is 1. The van der Waals surface area contributed by atoms with Gasteiger partial charge in [0.1, 0.15) is 5.75 Å². The van der Waals surface area contributed by atoms with Gasteiger partial charge < -0.3 is 9.64 Å². The summed E-state index contributed by atoms with van der Waals surface area (Å²) in [7, 11) is 1.66. The van der Waals surface area contributed by atoms with Crippen molar-refractivity contribution in [2.45, 2.75) is 33.2 Å². The molecular weight excluding hydrogens is 406 g/mol. The Morgan fingerprint density at radius 1 is 1.22 bits per heavy atom. The standard InChI is InChI=1S/C25H33N3O4/c1-18(2)13-27(19(3)29)16-22-15-26(14-21-8-5-6-11-25(21)28(30)31)17-24(22)20-9-7-10-23(12-20)32-4/h5-12,18,22,24H,13-17H2,1-4H3. The molecule has 2 atom stereocenters. The fourth-order valence-corrected chi connectivity index (χ4v) is 4.64. The van der Waals surface area contributed by atoms with Gasteiger partial charge in [-0.25, -0.2) is 0 Å². The molecule has 3 rings (SSSR count). The first-order valence-corrected chi connectivity index (χ1v) is 11.1. The Morgan fingerprint density at radius 3 is 2.62 bits per heavy atom. The van der Waals surface area contributed by atoms with E-state index < -0.39 is 0 Å². The minimum absolute atomic E-state index is 0.0836. The van der Waals surface area contributed by atoms with Gasteiger partial charge in [0.2, 0.25) is 5.91 Å². The third kappa shape index (κ3) is 5.85. The first-order valence-electron chi connectivity index (χ1n) is 11.1. The first kappa shape index (κ1) is 23.7. The fraction of sp³-hybridized carbons (Fsp3) is 0.480. The van der Waals surface area contributed by atoms with Crippen LogP contribution < -0.4 is 4.74 Å². The third-order valence-corrected chi connectivity index (χ3v) is 6.11. The number of rotatable bonds is 9. The van der Waals surface area contributed by atoms with Crippen molar-refractivity contribution in [1.29, 1.82) is 0 Å². The average Bonchev–Trinajstić information content (AvgIpc) is 3.15. The van der Waals surface area contributed by atoms with Crippen LogP contribution >= 0.6 is 0 Å². The minimum atomic E-state index is -0.317. The highest BCUT2D eigenvalue weighted by Gasteiger charge is 2.36. The molecule has 1 fully saturated rings. The number of nitrogens with zero attached hydrogens (tertiary/aromatic N) is 3. The van der Waals surface area contributed by atoms with Crippen LogP contribution in [-0.4, -0.2) is 53.9 Å². The van der Waals surface area contributed by atoms with E-state index in [4.69, 9.17) is 4.74 Å². The van der Waals surface area contributed by atoms with E-state index in [0.717, 1.165) is 25.4 Å². The third-order valence-electron chi connectivity index (χ3n) is 6.11. The van der Waals surface area contributed by atoms with E-state index in [9.17, 15) is 14.9 Å². The predicted molar refractivity (Wildman–Crippen MR) is 125 cm³/mol. The van der Waals surface area contributed by atoms with Crippen LogP contribution in [-0.2, 0) is 11.3 Å². The van der Waals surface area contributed by atoms with Crippen LogP contribution in [0.2, 0.25) is 0 Å². The lowest BCUT2D eigenvalue weighted by atomic mass is 9.88. The molecule has 1 aliphatic heterocycles. The number of hydrogen-bond acceptors (Lipinski definition) is 5. The molecule has 32 heavy (non-hydrogen) atoms. The minimum Gasteiger partial charge on any atom is -0.497 e. The Bertz CT molecular complexity index is 946. The number of amides is 1. The van der Waals surface area contributed by atoms with Crippen molar-refractivity contribution in [3.05, 3.63) is 69.8 Å². The molecule has 0 spiro atoms. The van der Waals surface area contributed by atoms with Crippen LogP contribution in [0.4, 0.5) is 5.69 Å². The average molecular weight is 440 g/mol. The molecule has 1 saturated heterocycles. The highest BCUT2D eigenvalue weighted by molar-refractivity contribution is 5.73. The molecule has 0 aromatic heterocycles. The van der Waals surface area contributed by atoms with Gasteiger partial charge in [-0.15, -0.1) is 0 Å². The number of para-hydroxylation sites is 1. The lowest BCUT2D eigenvalue weighted by Crippen LogP contribution is -2.38. The van der Waals surface area contributed by atoms with Crippen molar-refractivity contribution < 1.29 is 14.5 Å². The van der Waals surface area contributed by atoms with Crippen molar-refractivity contribution in [3.8, 4) is 5.75 Å². The Morgan fingerprint density at radius 2 is 1.97 bits per heavy atom. The zero-order chi connectivity index (χ0) is 23.3. The molecule has 1 amide bonds. The smallest absolute Gasteiger partial charge is 0.273 e. The Kier molecular flexibility index (Phi) is 7.85. The van der Waals surface area contributed by atoms with Gasteiger partial charge in [0.15, 0.2) is 0 Å². The molecule has 0 saturated carbocycles. The van der Waals surface area contributed by atoms with Crippen LogP contribution in [0.15, 0.2) is 48.5 Å². The van der Waals surface area contributed by atoms with E-state index in [1.807, 2.05) is 29.2 Å². The molecule has 172 valence electrons. The monoisotopic (exact) mass is 439 g/mol. The van der Waals surface area contributed by atoms with E-state index in [1.165, 1.54) is 5.56 Å². The van der Waals surface area contributed by atoms with Crippen molar-refractivity contribution in [1.82, 2.24) is 9.80 Å². The molecule has 2 aromatic rings. The van der Waals surface area contributed by atoms with Gasteiger partial charge in [0, 0.05) is 57.2 Å². The summed E-state index contributed by atoms with van der Waals surface area (Å²) in [5, 5.41) is 11.5. The molecule has 1 heterocycles. The van der Waals surface area contributed by atoms with Gasteiger partial charge in [-0.05, 0) is 29.5 Å². The Hall–Kier alpha value is -2.93. The SMILES string of the molecule is COc1cccc(C2CN(Cc3ccccc3[N+](=O)[O-])CC2CN(CC(C)C)C(C)=O)c1. The second kappa shape index (κ2) is 10.6. The maximum Gasteiger partial charge on any atom is 0.273 e. The van der Waals surface area contributed by atoms with Crippen molar-refractivity contribution >= 4 is 11.6 Å². The van der Waals surface area contributed by atoms with Gasteiger partial charge in [0.25, 0.3) is 5.69 Å². The summed E-state index contributed by atoms with van der Waals surface area (Å²) in [6.45, 7) is 9.31. The van der Waals surface area contributed by atoms with Crippen LogP contribution in [0, 0.1) is 22.0 Å². The zero-order valence-corrected chi connectivity index (χ0v) is 19.4. The highest BCUT2D eigenvalue weighted by atomic mass is 16.6. The molecule has 0 N–H and O–H groups in total. The molecule has 0 radical (unpaired) electrons. The number of likely N-dealkylation sites (tertiary alicyclic amines) is 1. The van der Waals surface area contributed by atoms with Gasteiger partial charge in [-0.2, -0.15) is 0 Å². The topological polar surface area (TPSA) is 75.9 Å². The lowest BCUT2D eigenvalue weighted by molar-refractivity contribution is -0.385. The molecule has 1 aliphatic rings. The quantitative estimate of drug-likeness (QED) is 0.430. The van der Waals surface area contributed by atoms with Gasteiger partial charge in [0.05, 0.1) is 12.0 Å². The second-order valence-electron chi connectivity index (χ2n) is 9.04. The van der Waals surface area contributed by atoms with Crippen molar-refractivity contribution in [3.63, 3.8) is 0 Å². The Labute approximate surface area is 190 Å². The summed E-state index contributed by atoms with van der Waals surface area (Å²) < 4.78 is 5.43. The Balaban J connectivity index is 1.86. The van der Waals surface area contributed by atoms with E-state index in [2.05, 4.69) is 30.9 Å². The summed E-state index contributed by atoms with van der Waals surface area (Å²) >= 11 is 0. The second-order valence-corrected chi connectivity index (χ2v) is 9.04. The first-order chi connectivity index (χ1) is 15.3. The number of hydrogen-bond donors (Lipinski definition) is 0. The van der Waals surface area contributed by atoms with E-state index in [-0.39, 0.29) is 28.4 Å². The number of carbonyl (C=O) groups is 1. The number of methoxy groups -OCH3 is 1. The van der Waals surface area contributed by atoms with Crippen LogP contribution in [0.1, 0.15) is 37.8 Å². The summed E-state index contributed by atoms with van der Waals surface area (Å²) in [5.41, 5.74) is 2.04. The normalized spacial score (nSPS) is 18.7. The molecular formula is C25H33N3O4. The van der Waals surface area contributed by atoms with Crippen molar-refractivity contribution in [2.75, 3.05) is 33.3 Å². The summed E-state index contributed by atoms with van der Waals surface area (Å²) in [4.78, 5) is 27.7. The van der Waals surface area contributed by atoms with Crippen LogP contribution in [0.5, 0.6) is 5.75 Å². The summed E-state index contributed by atoms with van der Waals surface area (Å²) in [6, 6.07) is 15.0. The van der Waals surface area contributed by atoms with Gasteiger partial charge in [-0.3, -0.25) is 19.8 Å². The van der Waals surface area contributed by atoms with E-state index in [1.54, 1.807) is 26.2 Å². The predicted octanol–water partition coefficient (Wildman–Crippen LogP) is 4.32. The van der Waals surface area contributed by atoms with E-state index >= 15 is 0 Å². The number of nitro groups is 1. The molecule has 0 bridgehead atoms. The zero-order valence-electron chi connectivity index (χ0n) is 19.4. The van der Waals surface area contributed by atoms with Gasteiger partial charge >= 0.3 is 0 Å². The number of carbonyl (C=O) groups excluding carboxylic acids is 1. The summed E-state index contributed by atoms with van der Waals surface area (Å²) in [6.07, 6.45) is 0. The number of nitro benzene ring substituents is 1. The van der Waals surface area contributed by atoms with Crippen molar-refractivity contribution in [2.24, 2.45) is 11.8 Å². The largest absolute Gasteiger partial charge is 0.497 e. The molecule has 7 nitrogen and oxygen atoms in total. The van der Waals surface area contributed by atoms with Crippen LogP contribution in [0.3, 0.4) is 0 Å². The number of benzene rings is 2. The highest BCUT2D eigenvalue weighted by Crippen LogP contribution is 2.36. The lowest BCUT2D eigenvalue weighted by Gasteiger charge is -2.29. The summed E-state index contributed by atoms with van der Waals surface area (Å²) in [5.74, 6) is 1.72. The maximum atomic E-state index is 12.3. The molecule has 2 unspecified atom stereocenters. The fourth-order valence-electron chi connectivity index (χ4n) is 4.64. The molecule has 0 aliphatic carbocycles. The van der Waals surface area contributed by atoms with Gasteiger partial charge in [-0.1, -0.05) is 44.2 Å². The van der Waals surface area contributed by atoms with Crippen LogP contribution in [0.25, 0.3) is 0 Å². The maximum absolute atomic E-state index is 12.3. The molecule has 2 aromatic carbocycles.